The largest absolute Gasteiger partial charge is 0.479 e. The fourth-order valence-corrected chi connectivity index (χ4v) is 3.77. The molecule has 5 nitrogen and oxygen atoms in total. The van der Waals surface area contributed by atoms with E-state index in [-0.39, 0.29) is 6.03 Å². The summed E-state index contributed by atoms with van der Waals surface area (Å²) in [5.74, 6) is 0.366. The van der Waals surface area contributed by atoms with Crippen LogP contribution in [0.15, 0.2) is 0 Å². The summed E-state index contributed by atoms with van der Waals surface area (Å²) in [4.78, 5) is 25.3. The van der Waals surface area contributed by atoms with Gasteiger partial charge in [-0.3, -0.25) is 0 Å². The number of carbonyl (C=O) groups excluding carboxylic acids is 1. The number of nitrogens with one attached hydrogen (secondary N) is 1. The fraction of sp³-hybridized carbons (Fsp3) is 0.833. The van der Waals surface area contributed by atoms with Gasteiger partial charge in [0, 0.05) is 18.8 Å². The van der Waals surface area contributed by atoms with Crippen LogP contribution in [0, 0.1) is 0 Å². The van der Waals surface area contributed by atoms with Gasteiger partial charge < -0.3 is 15.3 Å². The average molecular weight is 272 g/mol. The number of nitrogens with zero attached hydrogens (tertiary/aromatic N) is 1. The van der Waals surface area contributed by atoms with E-state index in [0.717, 1.165) is 44.5 Å². The molecule has 2 rings (SSSR count). The first-order valence-corrected chi connectivity index (χ1v) is 7.68. The molecule has 6 heteroatoms. The number of thioether (sulfide) groups is 1. The number of rotatable bonds is 2. The van der Waals surface area contributed by atoms with E-state index in [2.05, 4.69) is 5.32 Å². The minimum atomic E-state index is -1.05. The zero-order chi connectivity index (χ0) is 13.0. The van der Waals surface area contributed by atoms with Crippen LogP contribution >= 0.6 is 11.8 Å². The molecule has 0 bridgehead atoms. The summed E-state index contributed by atoms with van der Waals surface area (Å²) in [5, 5.41) is 12.1. The second-order valence-corrected chi connectivity index (χ2v) is 6.13. The zero-order valence-corrected chi connectivity index (χ0v) is 11.3. The number of aliphatic carboxylic acids is 1. The van der Waals surface area contributed by atoms with Crippen LogP contribution in [-0.2, 0) is 4.79 Å². The third-order valence-corrected chi connectivity index (χ3v) is 4.86. The van der Waals surface area contributed by atoms with Crippen LogP contribution in [0.1, 0.15) is 32.1 Å². The Morgan fingerprint density at radius 3 is 2.33 bits per heavy atom. The van der Waals surface area contributed by atoms with Crippen LogP contribution in [0.4, 0.5) is 4.79 Å². The Morgan fingerprint density at radius 2 is 1.83 bits per heavy atom. The van der Waals surface area contributed by atoms with Crippen molar-refractivity contribution in [3.8, 4) is 0 Å². The molecule has 18 heavy (non-hydrogen) atoms. The number of hydrogen-bond donors (Lipinski definition) is 2. The van der Waals surface area contributed by atoms with E-state index in [0.29, 0.717) is 12.2 Å². The maximum atomic E-state index is 12.2. The molecule has 0 aromatic heterocycles. The Balaban J connectivity index is 1.98. The van der Waals surface area contributed by atoms with Crippen molar-refractivity contribution in [2.24, 2.45) is 0 Å². The predicted octanol–water partition coefficient (Wildman–Crippen LogP) is 1.53. The molecule has 2 aliphatic heterocycles. The number of hydrogen-bond acceptors (Lipinski definition) is 3. The van der Waals surface area contributed by atoms with E-state index in [9.17, 15) is 14.7 Å². The SMILES string of the molecule is O=C(NC1(C(=O)O)CCSC1)N1CCCCCC1. The Hall–Kier alpha value is -0.910. The van der Waals surface area contributed by atoms with Crippen molar-refractivity contribution in [3.05, 3.63) is 0 Å². The normalized spacial score (nSPS) is 28.8. The monoisotopic (exact) mass is 272 g/mol. The van der Waals surface area contributed by atoms with Gasteiger partial charge in [-0.1, -0.05) is 12.8 Å². The second-order valence-electron chi connectivity index (χ2n) is 5.02. The van der Waals surface area contributed by atoms with E-state index in [1.807, 2.05) is 0 Å². The van der Waals surface area contributed by atoms with E-state index in [4.69, 9.17) is 0 Å². The third-order valence-electron chi connectivity index (χ3n) is 3.67. The van der Waals surface area contributed by atoms with Crippen molar-refractivity contribution in [3.63, 3.8) is 0 Å². The van der Waals surface area contributed by atoms with Gasteiger partial charge in [-0.15, -0.1) is 0 Å². The minimum absolute atomic E-state index is 0.207. The lowest BCUT2D eigenvalue weighted by atomic mass is 10.00. The van der Waals surface area contributed by atoms with Crippen LogP contribution in [0.3, 0.4) is 0 Å². The molecule has 2 saturated heterocycles. The van der Waals surface area contributed by atoms with Gasteiger partial charge in [-0.05, 0) is 25.0 Å². The summed E-state index contributed by atoms with van der Waals surface area (Å²) in [6.07, 6.45) is 4.87. The minimum Gasteiger partial charge on any atom is -0.479 e. The summed E-state index contributed by atoms with van der Waals surface area (Å²) in [5.41, 5.74) is -1.05. The first kappa shape index (κ1) is 13.5. The quantitative estimate of drug-likeness (QED) is 0.800. The number of likely N-dealkylation sites (tertiary alicyclic amines) is 1. The van der Waals surface area contributed by atoms with Crippen molar-refractivity contribution in [1.29, 1.82) is 0 Å². The number of amides is 2. The highest BCUT2D eigenvalue weighted by molar-refractivity contribution is 7.99. The molecule has 2 N–H and O–H groups in total. The molecular weight excluding hydrogens is 252 g/mol. The van der Waals surface area contributed by atoms with Gasteiger partial charge in [0.1, 0.15) is 5.54 Å². The number of urea groups is 1. The van der Waals surface area contributed by atoms with Crippen molar-refractivity contribution < 1.29 is 14.7 Å². The van der Waals surface area contributed by atoms with E-state index >= 15 is 0 Å². The molecule has 1 unspecified atom stereocenters. The molecule has 102 valence electrons. The zero-order valence-electron chi connectivity index (χ0n) is 10.5. The van der Waals surface area contributed by atoms with Crippen LogP contribution in [0.5, 0.6) is 0 Å². The number of carboxylic acids is 1. The molecule has 0 radical (unpaired) electrons. The molecule has 1 atom stereocenters. The fourth-order valence-electron chi connectivity index (χ4n) is 2.44. The van der Waals surface area contributed by atoms with Crippen molar-refractivity contribution in [2.75, 3.05) is 24.6 Å². The molecule has 2 heterocycles. The van der Waals surface area contributed by atoms with Crippen LogP contribution in [0.25, 0.3) is 0 Å². The number of carboxylic acid groups (broad SMARTS) is 1. The van der Waals surface area contributed by atoms with Gasteiger partial charge in [0.15, 0.2) is 0 Å². The average Bonchev–Trinajstić information content (AvgIpc) is 2.65. The van der Waals surface area contributed by atoms with Crippen LogP contribution < -0.4 is 5.32 Å². The molecule has 2 amide bonds. The van der Waals surface area contributed by atoms with Crippen molar-refractivity contribution in [1.82, 2.24) is 10.2 Å². The second kappa shape index (κ2) is 5.82. The summed E-state index contributed by atoms with van der Waals surface area (Å²) in [6, 6.07) is -0.207. The molecule has 2 fully saturated rings. The summed E-state index contributed by atoms with van der Waals surface area (Å²) in [6.45, 7) is 1.49. The van der Waals surface area contributed by atoms with Crippen LogP contribution in [0.2, 0.25) is 0 Å². The summed E-state index contributed by atoms with van der Waals surface area (Å²) >= 11 is 1.59. The predicted molar refractivity (Wildman–Crippen MR) is 70.9 cm³/mol. The summed E-state index contributed by atoms with van der Waals surface area (Å²) < 4.78 is 0. The highest BCUT2D eigenvalue weighted by Gasteiger charge is 2.44. The lowest BCUT2D eigenvalue weighted by molar-refractivity contribution is -0.143. The maximum Gasteiger partial charge on any atom is 0.330 e. The topological polar surface area (TPSA) is 69.6 Å². The molecule has 0 aliphatic carbocycles. The van der Waals surface area contributed by atoms with Gasteiger partial charge in [0.2, 0.25) is 0 Å². The highest BCUT2D eigenvalue weighted by Crippen LogP contribution is 2.28. The number of carbonyl (C=O) groups is 2. The van der Waals surface area contributed by atoms with Gasteiger partial charge in [-0.25, -0.2) is 9.59 Å². The molecule has 2 aliphatic rings. The Morgan fingerprint density at radius 1 is 1.17 bits per heavy atom. The van der Waals surface area contributed by atoms with E-state index in [1.54, 1.807) is 16.7 Å². The van der Waals surface area contributed by atoms with Gasteiger partial charge >= 0.3 is 12.0 Å². The van der Waals surface area contributed by atoms with E-state index < -0.39 is 11.5 Å². The van der Waals surface area contributed by atoms with Gasteiger partial charge in [-0.2, -0.15) is 11.8 Å². The smallest absolute Gasteiger partial charge is 0.330 e. The van der Waals surface area contributed by atoms with E-state index in [1.165, 1.54) is 0 Å². The first-order chi connectivity index (χ1) is 8.64. The first-order valence-electron chi connectivity index (χ1n) is 6.52. The Bertz CT molecular complexity index is 321. The molecule has 0 aromatic carbocycles. The summed E-state index contributed by atoms with van der Waals surface area (Å²) in [7, 11) is 0. The highest BCUT2D eigenvalue weighted by atomic mass is 32.2. The van der Waals surface area contributed by atoms with Gasteiger partial charge in [0.25, 0.3) is 0 Å². The maximum absolute atomic E-state index is 12.2. The van der Waals surface area contributed by atoms with Gasteiger partial charge in [0.05, 0.1) is 0 Å². The molecule has 0 saturated carbocycles. The standard InChI is InChI=1S/C12H20N2O3S/c15-10(16)12(5-8-18-9-12)13-11(17)14-6-3-1-2-4-7-14/h1-9H2,(H,13,17)(H,15,16). The van der Waals surface area contributed by atoms with Crippen molar-refractivity contribution in [2.45, 2.75) is 37.6 Å². The lowest BCUT2D eigenvalue weighted by Crippen LogP contribution is -2.58. The van der Waals surface area contributed by atoms with Crippen molar-refractivity contribution >= 4 is 23.8 Å². The van der Waals surface area contributed by atoms with Crippen LogP contribution in [-0.4, -0.2) is 52.1 Å². The molecular formula is C12H20N2O3S. The molecule has 0 spiro atoms. The lowest BCUT2D eigenvalue weighted by Gasteiger charge is -2.29. The Labute approximate surface area is 111 Å². The third kappa shape index (κ3) is 2.91. The molecule has 0 aromatic rings. The Kier molecular flexibility index (Phi) is 4.37.